The molecule has 4 aliphatic rings. The summed E-state index contributed by atoms with van der Waals surface area (Å²) in [5.41, 5.74) is 2.60. The minimum absolute atomic E-state index is 0.0928. The Morgan fingerprint density at radius 1 is 1.08 bits per heavy atom. The van der Waals surface area contributed by atoms with Gasteiger partial charge in [0.1, 0.15) is 11.5 Å². The molecule has 38 heavy (non-hydrogen) atoms. The van der Waals surface area contributed by atoms with Gasteiger partial charge in [-0.25, -0.2) is 4.98 Å². The maximum Gasteiger partial charge on any atom is 0.256 e. The van der Waals surface area contributed by atoms with Gasteiger partial charge in [0, 0.05) is 18.1 Å². The zero-order valence-corrected chi connectivity index (χ0v) is 22.3. The lowest BCUT2D eigenvalue weighted by Crippen LogP contribution is -2.51. The van der Waals surface area contributed by atoms with Crippen LogP contribution in [0.5, 0.6) is 0 Å². The number of nitrogens with zero attached hydrogens (tertiary/aromatic N) is 3. The third kappa shape index (κ3) is 4.11. The molecule has 2 N–H and O–H groups in total. The van der Waals surface area contributed by atoms with Gasteiger partial charge in [-0.05, 0) is 80.2 Å². The number of hydrogen-bond acceptors (Lipinski definition) is 5. The van der Waals surface area contributed by atoms with Gasteiger partial charge in [-0.3, -0.25) is 14.6 Å². The molecule has 0 aliphatic heterocycles. The monoisotopic (exact) mass is 525 g/mol. The number of rotatable bonds is 6. The summed E-state index contributed by atoms with van der Waals surface area (Å²) in [7, 11) is 0. The van der Waals surface area contributed by atoms with Crippen molar-refractivity contribution in [1.29, 1.82) is 0 Å². The summed E-state index contributed by atoms with van der Waals surface area (Å²) in [5.74, 6) is 2.99. The maximum atomic E-state index is 13.9. The highest BCUT2D eigenvalue weighted by molar-refractivity contribution is 7.13. The number of H-pyrrole nitrogens is 1. The predicted molar refractivity (Wildman–Crippen MR) is 149 cm³/mol. The highest BCUT2D eigenvalue weighted by atomic mass is 32.1. The van der Waals surface area contributed by atoms with Gasteiger partial charge in [-0.1, -0.05) is 36.4 Å². The SMILES string of the molecule is Cc1nc(-n2nc(-c3cccs3)cc2NC(=O)C23CC4CC(CC(C4)C2)C3)[nH]c(=O)c1Cc1ccccc1. The van der Waals surface area contributed by atoms with Crippen LogP contribution >= 0.6 is 11.3 Å². The molecule has 0 spiro atoms. The second-order valence-electron chi connectivity index (χ2n) is 11.6. The number of aromatic amines is 1. The Hall–Kier alpha value is -3.52. The van der Waals surface area contributed by atoms with Gasteiger partial charge < -0.3 is 5.32 Å². The number of aromatic nitrogens is 4. The molecule has 3 heterocycles. The number of benzene rings is 1. The van der Waals surface area contributed by atoms with Crippen LogP contribution in [0.2, 0.25) is 0 Å². The number of amides is 1. The van der Waals surface area contributed by atoms with E-state index in [4.69, 9.17) is 10.1 Å². The van der Waals surface area contributed by atoms with Crippen molar-refractivity contribution in [2.75, 3.05) is 5.32 Å². The number of carbonyl (C=O) groups excluding carboxylic acids is 1. The molecule has 4 aromatic rings. The fraction of sp³-hybridized carbons (Fsp3) is 0.400. The Kier molecular flexibility index (Phi) is 5.62. The topological polar surface area (TPSA) is 92.7 Å². The predicted octanol–water partition coefficient (Wildman–Crippen LogP) is 5.74. The summed E-state index contributed by atoms with van der Waals surface area (Å²) < 4.78 is 1.59. The van der Waals surface area contributed by atoms with Crippen LogP contribution in [-0.4, -0.2) is 25.7 Å². The van der Waals surface area contributed by atoms with Gasteiger partial charge in [0.15, 0.2) is 0 Å². The van der Waals surface area contributed by atoms with Gasteiger partial charge in [0.2, 0.25) is 11.9 Å². The third-order valence-corrected chi connectivity index (χ3v) is 9.77. The lowest BCUT2D eigenvalue weighted by molar-refractivity contribution is -0.140. The zero-order chi connectivity index (χ0) is 25.9. The van der Waals surface area contributed by atoms with Gasteiger partial charge >= 0.3 is 0 Å². The molecule has 4 saturated carbocycles. The first-order valence-corrected chi connectivity index (χ1v) is 14.4. The largest absolute Gasteiger partial charge is 0.310 e. The van der Waals surface area contributed by atoms with Crippen LogP contribution < -0.4 is 10.9 Å². The van der Waals surface area contributed by atoms with Gasteiger partial charge in [0.25, 0.3) is 5.56 Å². The first-order valence-electron chi connectivity index (χ1n) is 13.6. The van der Waals surface area contributed by atoms with Crippen LogP contribution in [0.15, 0.2) is 58.7 Å². The third-order valence-electron chi connectivity index (χ3n) is 8.88. The summed E-state index contributed by atoms with van der Waals surface area (Å²) in [6.45, 7) is 1.86. The molecule has 4 bridgehead atoms. The lowest BCUT2D eigenvalue weighted by atomic mass is 9.49. The summed E-state index contributed by atoms with van der Waals surface area (Å²) in [6, 6.07) is 15.8. The van der Waals surface area contributed by atoms with Crippen molar-refractivity contribution in [2.24, 2.45) is 23.2 Å². The number of anilines is 1. The normalized spacial score (nSPS) is 25.6. The highest BCUT2D eigenvalue weighted by Gasteiger charge is 2.54. The number of aryl methyl sites for hydroxylation is 1. The van der Waals surface area contributed by atoms with Crippen LogP contribution in [0.3, 0.4) is 0 Å². The van der Waals surface area contributed by atoms with Crippen molar-refractivity contribution >= 4 is 23.1 Å². The molecular formula is C30H31N5O2S. The molecule has 8 rings (SSSR count). The Labute approximate surface area is 225 Å². The fourth-order valence-corrected chi connectivity index (χ4v) is 8.20. The minimum Gasteiger partial charge on any atom is -0.310 e. The van der Waals surface area contributed by atoms with Crippen molar-refractivity contribution in [3.05, 3.63) is 81.1 Å². The second kappa shape index (κ2) is 9.05. The summed E-state index contributed by atoms with van der Waals surface area (Å²) in [5, 5.41) is 10.0. The van der Waals surface area contributed by atoms with Crippen LogP contribution in [-0.2, 0) is 11.2 Å². The summed E-state index contributed by atoms with van der Waals surface area (Å²) in [4.78, 5) is 35.8. The Morgan fingerprint density at radius 3 is 2.42 bits per heavy atom. The Bertz CT molecular complexity index is 1520. The van der Waals surface area contributed by atoms with E-state index in [9.17, 15) is 9.59 Å². The first kappa shape index (κ1) is 23.6. The van der Waals surface area contributed by atoms with Gasteiger partial charge in [0.05, 0.1) is 16.0 Å². The van der Waals surface area contributed by atoms with E-state index in [0.29, 0.717) is 47.2 Å². The molecule has 0 saturated heterocycles. The van der Waals surface area contributed by atoms with Crippen LogP contribution in [0.25, 0.3) is 16.5 Å². The molecule has 1 amide bonds. The van der Waals surface area contributed by atoms with E-state index in [1.807, 2.05) is 60.8 Å². The Morgan fingerprint density at radius 2 is 1.79 bits per heavy atom. The zero-order valence-electron chi connectivity index (χ0n) is 21.4. The van der Waals surface area contributed by atoms with Crippen molar-refractivity contribution < 1.29 is 4.79 Å². The molecule has 0 radical (unpaired) electrons. The number of hydrogen-bond donors (Lipinski definition) is 2. The maximum absolute atomic E-state index is 13.9. The fourth-order valence-electron chi connectivity index (χ4n) is 7.52. The van der Waals surface area contributed by atoms with E-state index in [1.54, 1.807) is 16.0 Å². The van der Waals surface area contributed by atoms with E-state index >= 15 is 0 Å². The minimum atomic E-state index is -0.288. The van der Waals surface area contributed by atoms with Crippen molar-refractivity contribution in [3.63, 3.8) is 0 Å². The van der Waals surface area contributed by atoms with E-state index in [0.717, 1.165) is 35.4 Å². The smallest absolute Gasteiger partial charge is 0.256 e. The van der Waals surface area contributed by atoms with Gasteiger partial charge in [-0.15, -0.1) is 11.3 Å². The Balaban J connectivity index is 1.24. The molecular weight excluding hydrogens is 494 g/mol. The molecule has 4 aliphatic carbocycles. The summed E-state index contributed by atoms with van der Waals surface area (Å²) in [6.07, 6.45) is 7.31. The summed E-state index contributed by atoms with van der Waals surface area (Å²) >= 11 is 1.59. The first-order chi connectivity index (χ1) is 18.5. The van der Waals surface area contributed by atoms with E-state index in [2.05, 4.69) is 10.3 Å². The molecule has 0 atom stereocenters. The van der Waals surface area contributed by atoms with E-state index in [-0.39, 0.29) is 16.9 Å². The van der Waals surface area contributed by atoms with Crippen LogP contribution in [0.4, 0.5) is 5.82 Å². The van der Waals surface area contributed by atoms with E-state index < -0.39 is 0 Å². The number of carbonyl (C=O) groups is 1. The molecule has 3 aromatic heterocycles. The molecule has 0 unspecified atom stereocenters. The number of nitrogens with one attached hydrogen (secondary N) is 2. The van der Waals surface area contributed by atoms with Crippen molar-refractivity contribution in [2.45, 2.75) is 51.9 Å². The van der Waals surface area contributed by atoms with E-state index in [1.165, 1.54) is 19.3 Å². The van der Waals surface area contributed by atoms with Crippen molar-refractivity contribution in [1.82, 2.24) is 19.7 Å². The molecule has 1 aromatic carbocycles. The van der Waals surface area contributed by atoms with Crippen LogP contribution in [0, 0.1) is 30.1 Å². The molecule has 194 valence electrons. The molecule has 7 nitrogen and oxygen atoms in total. The standard InChI is InChI=1S/C30H31N5O2S/c1-18-23(13-19-6-3-2-4-7-19)27(36)33-29(31-18)35-26(14-24(34-35)25-8-5-9-38-25)32-28(37)30-15-20-10-21(16-30)12-22(11-20)17-30/h2-9,14,20-22H,10-13,15-17H2,1H3,(H,32,37)(H,31,33,36). The van der Waals surface area contributed by atoms with Crippen LogP contribution in [0.1, 0.15) is 55.3 Å². The van der Waals surface area contributed by atoms with Crippen molar-refractivity contribution in [3.8, 4) is 16.5 Å². The molecule has 8 heteroatoms. The highest BCUT2D eigenvalue weighted by Crippen LogP contribution is 2.60. The quantitative estimate of drug-likeness (QED) is 0.336. The average Bonchev–Trinajstić information content (AvgIpc) is 3.56. The average molecular weight is 526 g/mol. The molecule has 4 fully saturated rings. The second-order valence-corrected chi connectivity index (χ2v) is 12.5. The lowest BCUT2D eigenvalue weighted by Gasteiger charge is -2.55. The van der Waals surface area contributed by atoms with Gasteiger partial charge in [-0.2, -0.15) is 9.78 Å². The number of thiophene rings is 1.